The zero-order valence-electron chi connectivity index (χ0n) is 9.89. The molecule has 2 amide bonds. The Bertz CT molecular complexity index is 237. The molecule has 0 aromatic heterocycles. The van der Waals surface area contributed by atoms with E-state index >= 15 is 0 Å². The summed E-state index contributed by atoms with van der Waals surface area (Å²) in [5.41, 5.74) is 4.15. The predicted molar refractivity (Wildman–Crippen MR) is 59.2 cm³/mol. The van der Waals surface area contributed by atoms with Crippen LogP contribution in [0.25, 0.3) is 0 Å². The number of primary amides is 1. The molecule has 0 unspecified atom stereocenters. The highest BCUT2D eigenvalue weighted by Gasteiger charge is 2.26. The second-order valence-corrected chi connectivity index (χ2v) is 4.40. The average molecular weight is 215 g/mol. The van der Waals surface area contributed by atoms with Crippen molar-refractivity contribution in [2.75, 3.05) is 6.54 Å². The van der Waals surface area contributed by atoms with E-state index in [0.717, 1.165) is 0 Å². The minimum atomic E-state index is -0.977. The van der Waals surface area contributed by atoms with Gasteiger partial charge in [-0.1, -0.05) is 13.8 Å². The normalized spacial score (nSPS) is 11.5. The number of carbonyl (C=O) groups is 2. The van der Waals surface area contributed by atoms with Crippen LogP contribution in [0, 0.1) is 0 Å². The largest absolute Gasteiger partial charge is 0.368 e. The molecule has 0 saturated heterocycles. The van der Waals surface area contributed by atoms with Gasteiger partial charge in [0.2, 0.25) is 11.8 Å². The summed E-state index contributed by atoms with van der Waals surface area (Å²) in [6.07, 6.45) is 0.342. The molecule has 0 spiro atoms. The molecular formula is C10H21N3O2. The van der Waals surface area contributed by atoms with Crippen LogP contribution >= 0.6 is 0 Å². The fourth-order valence-corrected chi connectivity index (χ4v) is 0.947. The molecule has 15 heavy (non-hydrogen) atoms. The van der Waals surface area contributed by atoms with Crippen molar-refractivity contribution in [1.82, 2.24) is 10.6 Å². The molecule has 0 radical (unpaired) electrons. The van der Waals surface area contributed by atoms with Crippen LogP contribution in [-0.2, 0) is 9.59 Å². The Labute approximate surface area is 90.8 Å². The highest BCUT2D eigenvalue weighted by molar-refractivity contribution is 5.89. The summed E-state index contributed by atoms with van der Waals surface area (Å²) in [7, 11) is 0. The van der Waals surface area contributed by atoms with Gasteiger partial charge in [0, 0.05) is 19.0 Å². The van der Waals surface area contributed by atoms with E-state index in [1.165, 1.54) is 0 Å². The van der Waals surface area contributed by atoms with Gasteiger partial charge in [-0.25, -0.2) is 0 Å². The van der Waals surface area contributed by atoms with Crippen LogP contribution in [-0.4, -0.2) is 29.9 Å². The molecule has 0 aromatic carbocycles. The fourth-order valence-electron chi connectivity index (χ4n) is 0.947. The van der Waals surface area contributed by atoms with E-state index in [1.807, 2.05) is 13.8 Å². The first-order valence-electron chi connectivity index (χ1n) is 5.10. The van der Waals surface area contributed by atoms with Gasteiger partial charge in [0.15, 0.2) is 0 Å². The minimum absolute atomic E-state index is 0.174. The van der Waals surface area contributed by atoms with Crippen molar-refractivity contribution in [1.29, 1.82) is 0 Å². The smallest absolute Gasteiger partial charge is 0.242 e. The number of amides is 2. The second-order valence-electron chi connectivity index (χ2n) is 4.40. The molecule has 0 aliphatic heterocycles. The molecule has 0 aliphatic rings. The molecular weight excluding hydrogens is 194 g/mol. The number of rotatable bonds is 6. The summed E-state index contributed by atoms with van der Waals surface area (Å²) in [4.78, 5) is 22.3. The molecule has 0 aromatic rings. The van der Waals surface area contributed by atoms with Crippen LogP contribution in [0.5, 0.6) is 0 Å². The maximum Gasteiger partial charge on any atom is 0.242 e. The summed E-state index contributed by atoms with van der Waals surface area (Å²) in [5, 5.41) is 5.69. The van der Waals surface area contributed by atoms with Crippen molar-refractivity contribution in [2.24, 2.45) is 5.73 Å². The molecule has 0 aliphatic carbocycles. The van der Waals surface area contributed by atoms with E-state index in [0.29, 0.717) is 19.0 Å². The fraction of sp³-hybridized carbons (Fsp3) is 0.800. The van der Waals surface area contributed by atoms with E-state index in [-0.39, 0.29) is 5.91 Å². The van der Waals surface area contributed by atoms with Gasteiger partial charge in [0.1, 0.15) is 5.54 Å². The van der Waals surface area contributed by atoms with Gasteiger partial charge in [-0.3, -0.25) is 9.59 Å². The summed E-state index contributed by atoms with van der Waals surface area (Å²) < 4.78 is 0. The first-order chi connectivity index (χ1) is 6.75. The molecule has 0 heterocycles. The quantitative estimate of drug-likeness (QED) is 0.571. The van der Waals surface area contributed by atoms with E-state index in [1.54, 1.807) is 13.8 Å². The van der Waals surface area contributed by atoms with Crippen molar-refractivity contribution < 1.29 is 9.59 Å². The van der Waals surface area contributed by atoms with Gasteiger partial charge in [0.25, 0.3) is 0 Å². The predicted octanol–water partition coefficient (Wildman–Crippen LogP) is -0.245. The zero-order valence-corrected chi connectivity index (χ0v) is 9.89. The van der Waals surface area contributed by atoms with Gasteiger partial charge < -0.3 is 16.4 Å². The molecule has 5 heteroatoms. The van der Waals surface area contributed by atoms with Gasteiger partial charge in [-0.2, -0.15) is 0 Å². The van der Waals surface area contributed by atoms with Gasteiger partial charge in [-0.15, -0.1) is 0 Å². The third-order valence-corrected chi connectivity index (χ3v) is 1.97. The SMILES string of the molecule is CC(C)NCCC(=O)NC(C)(C)C(N)=O. The highest BCUT2D eigenvalue weighted by Crippen LogP contribution is 2.00. The van der Waals surface area contributed by atoms with Crippen LogP contribution in [0.15, 0.2) is 0 Å². The minimum Gasteiger partial charge on any atom is -0.368 e. The van der Waals surface area contributed by atoms with Crippen molar-refractivity contribution in [3.8, 4) is 0 Å². The number of nitrogens with two attached hydrogens (primary N) is 1. The molecule has 0 saturated carbocycles. The van der Waals surface area contributed by atoms with Gasteiger partial charge in [0.05, 0.1) is 0 Å². The maximum atomic E-state index is 11.4. The Morgan fingerprint density at radius 1 is 1.33 bits per heavy atom. The monoisotopic (exact) mass is 215 g/mol. The number of hydrogen-bond donors (Lipinski definition) is 3. The lowest BCUT2D eigenvalue weighted by atomic mass is 10.1. The van der Waals surface area contributed by atoms with E-state index < -0.39 is 11.4 Å². The maximum absolute atomic E-state index is 11.4. The third kappa shape index (κ3) is 6.06. The molecule has 88 valence electrons. The van der Waals surface area contributed by atoms with Gasteiger partial charge in [-0.05, 0) is 13.8 Å². The third-order valence-electron chi connectivity index (χ3n) is 1.97. The molecule has 0 atom stereocenters. The Morgan fingerprint density at radius 2 is 1.87 bits per heavy atom. The van der Waals surface area contributed by atoms with Crippen LogP contribution < -0.4 is 16.4 Å². The second kappa shape index (κ2) is 5.70. The standard InChI is InChI=1S/C10H21N3O2/c1-7(2)12-6-5-8(14)13-10(3,4)9(11)15/h7,12H,5-6H2,1-4H3,(H2,11,15)(H,13,14). The summed E-state index contributed by atoms with van der Waals surface area (Å²) in [6.45, 7) is 7.78. The summed E-state index contributed by atoms with van der Waals surface area (Å²) in [6, 6.07) is 0.349. The lowest BCUT2D eigenvalue weighted by molar-refractivity contribution is -0.130. The number of carbonyl (C=O) groups excluding carboxylic acids is 2. The Balaban J connectivity index is 3.89. The topological polar surface area (TPSA) is 84.2 Å². The number of nitrogens with one attached hydrogen (secondary N) is 2. The van der Waals surface area contributed by atoms with Crippen LogP contribution in [0.4, 0.5) is 0 Å². The van der Waals surface area contributed by atoms with E-state index in [9.17, 15) is 9.59 Å². The Kier molecular flexibility index (Phi) is 5.28. The first-order valence-corrected chi connectivity index (χ1v) is 5.10. The Hall–Kier alpha value is -1.10. The lowest BCUT2D eigenvalue weighted by Crippen LogP contribution is -2.53. The van der Waals surface area contributed by atoms with Crippen LogP contribution in [0.3, 0.4) is 0 Å². The molecule has 0 fully saturated rings. The van der Waals surface area contributed by atoms with Crippen LogP contribution in [0.1, 0.15) is 34.1 Å². The average Bonchev–Trinajstić information content (AvgIpc) is 2.01. The Morgan fingerprint density at radius 3 is 2.27 bits per heavy atom. The van der Waals surface area contributed by atoms with E-state index in [2.05, 4.69) is 10.6 Å². The number of hydrogen-bond acceptors (Lipinski definition) is 3. The molecule has 0 rings (SSSR count). The first kappa shape index (κ1) is 13.9. The van der Waals surface area contributed by atoms with Crippen molar-refractivity contribution in [3.05, 3.63) is 0 Å². The van der Waals surface area contributed by atoms with Crippen molar-refractivity contribution >= 4 is 11.8 Å². The molecule has 4 N–H and O–H groups in total. The molecule has 5 nitrogen and oxygen atoms in total. The summed E-state index contributed by atoms with van der Waals surface area (Å²) >= 11 is 0. The highest BCUT2D eigenvalue weighted by atomic mass is 16.2. The van der Waals surface area contributed by atoms with Crippen molar-refractivity contribution in [2.45, 2.75) is 45.7 Å². The summed E-state index contributed by atoms with van der Waals surface area (Å²) in [5.74, 6) is -0.709. The van der Waals surface area contributed by atoms with Crippen LogP contribution in [0.2, 0.25) is 0 Å². The van der Waals surface area contributed by atoms with E-state index in [4.69, 9.17) is 5.73 Å². The zero-order chi connectivity index (χ0) is 12.1. The van der Waals surface area contributed by atoms with Crippen molar-refractivity contribution in [3.63, 3.8) is 0 Å². The molecule has 0 bridgehead atoms. The van der Waals surface area contributed by atoms with Gasteiger partial charge >= 0.3 is 0 Å². The lowest BCUT2D eigenvalue weighted by Gasteiger charge is -2.22.